The summed E-state index contributed by atoms with van der Waals surface area (Å²) < 4.78 is 0. The lowest BCUT2D eigenvalue weighted by atomic mass is 9.82. The minimum Gasteiger partial charge on any atom is -0.0915 e. The number of fused-ring (bicyclic) bond motifs is 1. The van der Waals surface area contributed by atoms with Gasteiger partial charge in [-0.25, -0.2) is 0 Å². The first-order chi connectivity index (χ1) is 10.8. The van der Waals surface area contributed by atoms with Crippen molar-refractivity contribution in [1.29, 1.82) is 0 Å². The highest BCUT2D eigenvalue weighted by Gasteiger charge is 2.17. The molecule has 1 unspecified atom stereocenters. The van der Waals surface area contributed by atoms with Crippen molar-refractivity contribution in [1.82, 2.24) is 0 Å². The monoisotopic (exact) mass is 290 g/mol. The van der Waals surface area contributed by atoms with Crippen LogP contribution in [0.3, 0.4) is 0 Å². The van der Waals surface area contributed by atoms with Crippen molar-refractivity contribution in [3.05, 3.63) is 83.3 Å². The van der Waals surface area contributed by atoms with Crippen molar-refractivity contribution >= 4 is 11.6 Å². The maximum absolute atomic E-state index is 4.33. The largest absolute Gasteiger partial charge is 0.0915 e. The van der Waals surface area contributed by atoms with E-state index in [-0.39, 0.29) is 0 Å². The van der Waals surface area contributed by atoms with Gasteiger partial charge in [-0.1, -0.05) is 80.3 Å². The molecule has 0 bridgehead atoms. The summed E-state index contributed by atoms with van der Waals surface area (Å²) in [6.07, 6.45) is 18.5. The molecule has 0 spiro atoms. The van der Waals surface area contributed by atoms with Gasteiger partial charge in [0.25, 0.3) is 0 Å². The first-order valence-corrected chi connectivity index (χ1v) is 8.21. The van der Waals surface area contributed by atoms with E-state index < -0.39 is 0 Å². The standard InChI is InChI=1S/C22H26/c1-4-6-8-12-18(3)22-20(14-9-7-5-2)17-16-19-13-10-11-15-21(19)22/h4,6-13,15-16,20H,3,5,14,17H2,1-2H3/b6-4-,9-7?,12-8-. The molecule has 1 aromatic rings. The smallest absolute Gasteiger partial charge is 0.00806 e. The fourth-order valence-electron chi connectivity index (χ4n) is 2.98. The van der Waals surface area contributed by atoms with Gasteiger partial charge in [0.2, 0.25) is 0 Å². The van der Waals surface area contributed by atoms with Crippen LogP contribution in [0.4, 0.5) is 0 Å². The summed E-state index contributed by atoms with van der Waals surface area (Å²) in [4.78, 5) is 0. The zero-order valence-corrected chi connectivity index (χ0v) is 13.8. The van der Waals surface area contributed by atoms with Crippen LogP contribution in [0.1, 0.15) is 33.1 Å². The second-order valence-corrected chi connectivity index (χ2v) is 5.66. The molecule has 0 fully saturated rings. The van der Waals surface area contributed by atoms with Crippen molar-refractivity contribution in [2.75, 3.05) is 0 Å². The minimum atomic E-state index is 0.528. The van der Waals surface area contributed by atoms with Gasteiger partial charge < -0.3 is 0 Å². The molecule has 114 valence electrons. The normalized spacial score (nSPS) is 18.1. The Hall–Kier alpha value is -2.08. The predicted molar refractivity (Wildman–Crippen MR) is 98.8 cm³/mol. The topological polar surface area (TPSA) is 0 Å². The molecule has 0 aliphatic heterocycles. The Morgan fingerprint density at radius 3 is 2.82 bits per heavy atom. The number of allylic oxidation sites excluding steroid dienone is 7. The molecule has 0 amide bonds. The zero-order chi connectivity index (χ0) is 15.8. The van der Waals surface area contributed by atoms with Crippen molar-refractivity contribution in [3.8, 4) is 0 Å². The summed E-state index contributed by atoms with van der Waals surface area (Å²) >= 11 is 0. The number of hydrogen-bond acceptors (Lipinski definition) is 0. The Morgan fingerprint density at radius 2 is 2.05 bits per heavy atom. The summed E-state index contributed by atoms with van der Waals surface area (Å²) in [5.41, 5.74) is 2.54. The van der Waals surface area contributed by atoms with E-state index in [1.54, 1.807) is 0 Å². The van der Waals surface area contributed by atoms with Gasteiger partial charge >= 0.3 is 0 Å². The van der Waals surface area contributed by atoms with Gasteiger partial charge in [-0.2, -0.15) is 0 Å². The summed E-state index contributed by atoms with van der Waals surface area (Å²) in [5.74, 6) is 0.528. The van der Waals surface area contributed by atoms with E-state index in [9.17, 15) is 0 Å². The van der Waals surface area contributed by atoms with E-state index >= 15 is 0 Å². The average molecular weight is 290 g/mol. The number of benzene rings is 1. The van der Waals surface area contributed by atoms with E-state index in [1.165, 1.54) is 16.0 Å². The molecular weight excluding hydrogens is 264 g/mol. The third kappa shape index (κ3) is 3.98. The highest BCUT2D eigenvalue weighted by atomic mass is 14.2. The minimum absolute atomic E-state index is 0.528. The van der Waals surface area contributed by atoms with Crippen LogP contribution < -0.4 is 10.4 Å². The third-order valence-electron chi connectivity index (χ3n) is 4.05. The van der Waals surface area contributed by atoms with Crippen LogP contribution in [0.25, 0.3) is 11.6 Å². The van der Waals surface area contributed by atoms with Crippen LogP contribution >= 0.6 is 0 Å². The molecule has 1 aliphatic carbocycles. The molecule has 2 rings (SSSR count). The van der Waals surface area contributed by atoms with Crippen LogP contribution in [0.2, 0.25) is 0 Å². The molecule has 0 nitrogen and oxygen atoms in total. The van der Waals surface area contributed by atoms with Gasteiger partial charge in [-0.15, -0.1) is 0 Å². The van der Waals surface area contributed by atoms with Gasteiger partial charge in [-0.3, -0.25) is 0 Å². The van der Waals surface area contributed by atoms with E-state index in [2.05, 4.69) is 74.2 Å². The molecular formula is C22H26. The van der Waals surface area contributed by atoms with Crippen molar-refractivity contribution in [2.45, 2.75) is 33.1 Å². The Bertz CT molecular complexity index is 711. The van der Waals surface area contributed by atoms with Crippen LogP contribution in [0.15, 0.2) is 72.9 Å². The summed E-state index contributed by atoms with van der Waals surface area (Å²) in [7, 11) is 0. The van der Waals surface area contributed by atoms with Crippen LogP contribution in [-0.2, 0) is 0 Å². The van der Waals surface area contributed by atoms with Gasteiger partial charge in [-0.05, 0) is 53.7 Å². The molecule has 0 N–H and O–H groups in total. The van der Waals surface area contributed by atoms with E-state index in [0.29, 0.717) is 5.92 Å². The van der Waals surface area contributed by atoms with Gasteiger partial charge in [0.05, 0.1) is 0 Å². The summed E-state index contributed by atoms with van der Waals surface area (Å²) in [5, 5.41) is 2.69. The summed E-state index contributed by atoms with van der Waals surface area (Å²) in [6, 6.07) is 8.67. The molecule has 22 heavy (non-hydrogen) atoms. The fourth-order valence-corrected chi connectivity index (χ4v) is 2.98. The second-order valence-electron chi connectivity index (χ2n) is 5.66. The maximum Gasteiger partial charge on any atom is -0.00806 e. The van der Waals surface area contributed by atoms with Gasteiger partial charge in [0.1, 0.15) is 0 Å². The maximum atomic E-state index is 4.33. The lowest BCUT2D eigenvalue weighted by Crippen LogP contribution is -2.32. The van der Waals surface area contributed by atoms with Gasteiger partial charge in [0.15, 0.2) is 0 Å². The molecule has 1 atom stereocenters. The highest BCUT2D eigenvalue weighted by molar-refractivity contribution is 5.71. The van der Waals surface area contributed by atoms with Crippen molar-refractivity contribution < 1.29 is 0 Å². The lowest BCUT2D eigenvalue weighted by Gasteiger charge is -2.22. The molecule has 1 aromatic carbocycles. The van der Waals surface area contributed by atoms with Gasteiger partial charge in [0, 0.05) is 0 Å². The molecule has 0 saturated heterocycles. The Balaban J connectivity index is 2.45. The number of hydrogen-bond donors (Lipinski definition) is 0. The molecule has 0 heteroatoms. The fraction of sp³-hybridized carbons (Fsp3) is 0.273. The predicted octanol–water partition coefficient (Wildman–Crippen LogP) is 4.68. The van der Waals surface area contributed by atoms with E-state index in [4.69, 9.17) is 0 Å². The Kier molecular flexibility index (Phi) is 6.21. The van der Waals surface area contributed by atoms with Crippen molar-refractivity contribution in [3.63, 3.8) is 0 Å². The molecule has 0 heterocycles. The Morgan fingerprint density at radius 1 is 1.23 bits per heavy atom. The first-order valence-electron chi connectivity index (χ1n) is 8.21. The quantitative estimate of drug-likeness (QED) is 0.527. The Labute approximate surface area is 134 Å². The molecule has 0 saturated carbocycles. The van der Waals surface area contributed by atoms with Crippen LogP contribution in [0.5, 0.6) is 0 Å². The summed E-state index contributed by atoms with van der Waals surface area (Å²) in [6.45, 7) is 8.55. The van der Waals surface area contributed by atoms with E-state index in [1.807, 2.05) is 13.0 Å². The van der Waals surface area contributed by atoms with Crippen LogP contribution in [0, 0.1) is 5.92 Å². The zero-order valence-electron chi connectivity index (χ0n) is 13.8. The average Bonchev–Trinajstić information content (AvgIpc) is 2.55. The third-order valence-corrected chi connectivity index (χ3v) is 4.05. The van der Waals surface area contributed by atoms with E-state index in [0.717, 1.165) is 24.8 Å². The SMILES string of the molecule is C=C(/C=C\C=C/C)C1=c2ccccc2=CCC1CC=CCC. The molecule has 1 aliphatic rings. The van der Waals surface area contributed by atoms with Crippen molar-refractivity contribution in [2.24, 2.45) is 5.92 Å². The van der Waals surface area contributed by atoms with Crippen LogP contribution in [-0.4, -0.2) is 0 Å². The highest BCUT2D eigenvalue weighted by Crippen LogP contribution is 2.28. The second kappa shape index (κ2) is 8.38. The molecule has 0 radical (unpaired) electrons. The lowest BCUT2D eigenvalue weighted by molar-refractivity contribution is 0.700. The number of rotatable bonds is 6. The molecule has 0 aromatic heterocycles. The first kappa shape index (κ1) is 16.3.